The summed E-state index contributed by atoms with van der Waals surface area (Å²) in [5, 5.41) is 21.4. The Morgan fingerprint density at radius 3 is 2.59 bits per heavy atom. The van der Waals surface area contributed by atoms with Gasteiger partial charge in [-0.05, 0) is 54.4 Å². The number of hydrogen-bond donors (Lipinski definition) is 2. The van der Waals surface area contributed by atoms with Gasteiger partial charge in [-0.1, -0.05) is 53.6 Å². The average molecular weight is 628 g/mol. The molecule has 1 amide bonds. The number of non-ortho nitro benzene ring substituents is 1. The molecular weight excluding hydrogens is 602 g/mol. The quantitative estimate of drug-likeness (QED) is 0.0869. The van der Waals surface area contributed by atoms with Gasteiger partial charge in [0.05, 0.1) is 29.0 Å². The molecule has 5 aromatic rings. The van der Waals surface area contributed by atoms with Gasteiger partial charge >= 0.3 is 0 Å². The van der Waals surface area contributed by atoms with Gasteiger partial charge in [-0.25, -0.2) is 10.4 Å². The van der Waals surface area contributed by atoms with E-state index in [0.29, 0.717) is 22.4 Å². The highest BCUT2D eigenvalue weighted by Gasteiger charge is 2.14. The maximum Gasteiger partial charge on any atom is 0.271 e. The van der Waals surface area contributed by atoms with Crippen LogP contribution in [0.1, 0.15) is 27.0 Å². The Morgan fingerprint density at radius 2 is 1.86 bits per heavy atom. The fourth-order valence-corrected chi connectivity index (χ4v) is 5.13. The van der Waals surface area contributed by atoms with E-state index in [1.54, 1.807) is 36.4 Å². The molecule has 1 aromatic heterocycles. The molecule has 222 valence electrons. The summed E-state index contributed by atoms with van der Waals surface area (Å²) in [5.41, 5.74) is 7.91. The molecule has 0 saturated carbocycles. The Labute approximate surface area is 262 Å². The zero-order chi connectivity index (χ0) is 31.1. The van der Waals surface area contributed by atoms with Crippen molar-refractivity contribution in [3.8, 4) is 22.8 Å². The Hall–Kier alpha value is -5.26. The molecule has 2 N–H and O–H groups in total. The number of amides is 1. The number of halogens is 1. The fraction of sp³-hybridized carbons (Fsp3) is 0.0938. The van der Waals surface area contributed by atoms with Crippen molar-refractivity contribution in [2.75, 3.05) is 12.4 Å². The maximum absolute atomic E-state index is 12.7. The van der Waals surface area contributed by atoms with Gasteiger partial charge in [-0.2, -0.15) is 5.10 Å². The van der Waals surface area contributed by atoms with E-state index >= 15 is 0 Å². The van der Waals surface area contributed by atoms with Crippen LogP contribution in [0.2, 0.25) is 5.02 Å². The SMILES string of the molecule is COc1cc(/C=N\NC(=O)c2ccc(-c3csc(Nc4ccc(C)cc4)n3)cc2)cc(Cl)c1OCc1cccc([N+](=O)[O-])c1. The number of ether oxygens (including phenoxy) is 2. The van der Waals surface area contributed by atoms with E-state index in [1.165, 1.54) is 42.4 Å². The summed E-state index contributed by atoms with van der Waals surface area (Å²) in [6.45, 7) is 2.09. The van der Waals surface area contributed by atoms with Crippen molar-refractivity contribution in [3.05, 3.63) is 128 Å². The second-order valence-electron chi connectivity index (χ2n) is 9.56. The molecule has 0 radical (unpaired) electrons. The molecule has 0 aliphatic heterocycles. The van der Waals surface area contributed by atoms with Gasteiger partial charge in [0.1, 0.15) is 6.61 Å². The van der Waals surface area contributed by atoms with E-state index in [-0.39, 0.29) is 29.0 Å². The lowest BCUT2D eigenvalue weighted by molar-refractivity contribution is -0.384. The molecule has 0 saturated heterocycles. The highest BCUT2D eigenvalue weighted by Crippen LogP contribution is 2.37. The van der Waals surface area contributed by atoms with Gasteiger partial charge in [0.15, 0.2) is 16.6 Å². The first-order valence-electron chi connectivity index (χ1n) is 13.3. The van der Waals surface area contributed by atoms with Crippen LogP contribution >= 0.6 is 22.9 Å². The summed E-state index contributed by atoms with van der Waals surface area (Å²) < 4.78 is 11.2. The summed E-state index contributed by atoms with van der Waals surface area (Å²) >= 11 is 7.94. The highest BCUT2D eigenvalue weighted by molar-refractivity contribution is 7.14. The number of hydrazone groups is 1. The molecule has 0 unspecified atom stereocenters. The van der Waals surface area contributed by atoms with E-state index in [4.69, 9.17) is 21.1 Å². The number of nitrogens with one attached hydrogen (secondary N) is 2. The maximum atomic E-state index is 12.7. The molecule has 1 heterocycles. The molecule has 0 aliphatic carbocycles. The van der Waals surface area contributed by atoms with Crippen LogP contribution in [-0.4, -0.2) is 29.1 Å². The van der Waals surface area contributed by atoms with Crippen molar-refractivity contribution in [1.29, 1.82) is 0 Å². The molecule has 12 heteroatoms. The highest BCUT2D eigenvalue weighted by atomic mass is 35.5. The number of aromatic nitrogens is 1. The van der Waals surface area contributed by atoms with Gasteiger partial charge in [-0.15, -0.1) is 11.3 Å². The van der Waals surface area contributed by atoms with Crippen molar-refractivity contribution in [2.24, 2.45) is 5.10 Å². The van der Waals surface area contributed by atoms with Gasteiger partial charge in [0.2, 0.25) is 0 Å². The van der Waals surface area contributed by atoms with Gasteiger partial charge < -0.3 is 14.8 Å². The second kappa shape index (κ2) is 13.8. The molecule has 0 bridgehead atoms. The molecular formula is C32H26ClN5O5S. The van der Waals surface area contributed by atoms with Crippen molar-refractivity contribution in [2.45, 2.75) is 13.5 Å². The van der Waals surface area contributed by atoms with Crippen LogP contribution in [0, 0.1) is 17.0 Å². The lowest BCUT2D eigenvalue weighted by Gasteiger charge is -2.13. The number of nitro benzene ring substituents is 1. The number of carbonyl (C=O) groups excluding carboxylic acids is 1. The van der Waals surface area contributed by atoms with Crippen molar-refractivity contribution in [1.82, 2.24) is 10.4 Å². The molecule has 4 aromatic carbocycles. The van der Waals surface area contributed by atoms with E-state index in [9.17, 15) is 14.9 Å². The molecule has 44 heavy (non-hydrogen) atoms. The predicted octanol–water partition coefficient (Wildman–Crippen LogP) is 7.78. The number of nitrogens with zero attached hydrogens (tertiary/aromatic N) is 3. The lowest BCUT2D eigenvalue weighted by Crippen LogP contribution is -2.17. The van der Waals surface area contributed by atoms with E-state index in [0.717, 1.165) is 22.1 Å². The van der Waals surface area contributed by atoms with E-state index in [1.807, 2.05) is 48.7 Å². The molecule has 10 nitrogen and oxygen atoms in total. The number of hydrogen-bond acceptors (Lipinski definition) is 9. The number of rotatable bonds is 11. The monoisotopic (exact) mass is 627 g/mol. The van der Waals surface area contributed by atoms with Crippen LogP contribution in [-0.2, 0) is 6.61 Å². The normalized spacial score (nSPS) is 10.9. The minimum absolute atomic E-state index is 0.0334. The largest absolute Gasteiger partial charge is 0.493 e. The number of thiazole rings is 1. The zero-order valence-electron chi connectivity index (χ0n) is 23.6. The van der Waals surface area contributed by atoms with E-state index < -0.39 is 4.92 Å². The van der Waals surface area contributed by atoms with Crippen LogP contribution in [0.25, 0.3) is 11.3 Å². The van der Waals surface area contributed by atoms with Crippen LogP contribution < -0.4 is 20.2 Å². The molecule has 0 aliphatic rings. The second-order valence-corrected chi connectivity index (χ2v) is 10.8. The third kappa shape index (κ3) is 7.57. The molecule has 0 fully saturated rings. The number of aryl methyl sites for hydroxylation is 1. The average Bonchev–Trinajstić information content (AvgIpc) is 3.50. The number of benzene rings is 4. The Kier molecular flexibility index (Phi) is 9.48. The van der Waals surface area contributed by atoms with E-state index in [2.05, 4.69) is 20.8 Å². The summed E-state index contributed by atoms with van der Waals surface area (Å²) in [4.78, 5) is 27.9. The Morgan fingerprint density at radius 1 is 1.09 bits per heavy atom. The summed E-state index contributed by atoms with van der Waals surface area (Å²) in [7, 11) is 1.46. The van der Waals surface area contributed by atoms with Crippen LogP contribution in [0.3, 0.4) is 0 Å². The van der Waals surface area contributed by atoms with Crippen molar-refractivity contribution in [3.63, 3.8) is 0 Å². The number of nitro groups is 1. The topological polar surface area (TPSA) is 128 Å². The van der Waals surface area contributed by atoms with Gasteiger partial charge in [0.25, 0.3) is 11.6 Å². The lowest BCUT2D eigenvalue weighted by atomic mass is 10.1. The Balaban J connectivity index is 1.18. The Bertz CT molecular complexity index is 1820. The molecule has 0 atom stereocenters. The first kappa shape index (κ1) is 30.2. The van der Waals surface area contributed by atoms with Crippen LogP contribution in [0.15, 0.2) is 95.4 Å². The van der Waals surface area contributed by atoms with Crippen molar-refractivity contribution >= 4 is 51.6 Å². The molecule has 5 rings (SSSR count). The first-order chi connectivity index (χ1) is 21.3. The zero-order valence-corrected chi connectivity index (χ0v) is 25.2. The fourth-order valence-electron chi connectivity index (χ4n) is 4.12. The summed E-state index contributed by atoms with van der Waals surface area (Å²) in [5.74, 6) is 0.230. The number of methoxy groups -OCH3 is 1. The van der Waals surface area contributed by atoms with Crippen LogP contribution in [0.4, 0.5) is 16.5 Å². The smallest absolute Gasteiger partial charge is 0.271 e. The van der Waals surface area contributed by atoms with Crippen molar-refractivity contribution < 1.29 is 19.2 Å². The van der Waals surface area contributed by atoms with Gasteiger partial charge in [0, 0.05) is 34.3 Å². The third-order valence-electron chi connectivity index (χ3n) is 6.39. The third-order valence-corrected chi connectivity index (χ3v) is 7.42. The van der Waals surface area contributed by atoms with Gasteiger partial charge in [-0.3, -0.25) is 14.9 Å². The summed E-state index contributed by atoms with van der Waals surface area (Å²) in [6.07, 6.45) is 1.43. The predicted molar refractivity (Wildman–Crippen MR) is 173 cm³/mol. The number of anilines is 2. The first-order valence-corrected chi connectivity index (χ1v) is 14.5. The standard InChI is InChI=1S/C32H26ClN5O5S/c1-20-6-12-25(13-7-20)35-32-36-28(19-44-32)23-8-10-24(11-9-23)31(39)37-34-17-22-15-27(33)30(29(16-22)42-2)43-18-21-4-3-5-26(14-21)38(40)41/h3-17,19H,18H2,1-2H3,(H,35,36)(H,37,39)/b34-17-. The summed E-state index contributed by atoms with van der Waals surface area (Å²) in [6, 6.07) is 24.6. The minimum Gasteiger partial charge on any atom is -0.493 e. The van der Waals surface area contributed by atoms with Crippen LogP contribution in [0.5, 0.6) is 11.5 Å². The molecule has 0 spiro atoms. The number of carbonyl (C=O) groups is 1. The minimum atomic E-state index is -0.470.